The Kier molecular flexibility index (Phi) is 3.42. The number of ether oxygens (including phenoxy) is 1. The van der Waals surface area contributed by atoms with Gasteiger partial charge >= 0.3 is 0 Å². The van der Waals surface area contributed by atoms with Crippen molar-refractivity contribution in [2.45, 2.75) is 6.43 Å². The van der Waals surface area contributed by atoms with Crippen LogP contribution in [0.5, 0.6) is 5.75 Å². The number of aromatic nitrogens is 1. The van der Waals surface area contributed by atoms with E-state index in [4.69, 9.17) is 10.5 Å². The molecule has 0 fully saturated rings. The minimum absolute atomic E-state index is 0.247. The molecule has 2 N–H and O–H groups in total. The zero-order valence-electron chi connectivity index (χ0n) is 8.66. The second kappa shape index (κ2) is 4.83. The molecule has 0 saturated heterocycles. The Bertz CT molecular complexity index is 543. The SMILES string of the molecule is Nc1cnc2ccc(Br)cc2c1OCC(F)F. The third-order valence-electron chi connectivity index (χ3n) is 2.16. The fraction of sp³-hybridized carbons (Fsp3) is 0.182. The van der Waals surface area contributed by atoms with Gasteiger partial charge in [0.1, 0.15) is 6.61 Å². The van der Waals surface area contributed by atoms with Gasteiger partial charge in [-0.25, -0.2) is 8.78 Å². The van der Waals surface area contributed by atoms with Gasteiger partial charge in [0, 0.05) is 9.86 Å². The minimum atomic E-state index is -2.54. The van der Waals surface area contributed by atoms with Crippen LogP contribution in [-0.2, 0) is 0 Å². The number of anilines is 1. The molecule has 17 heavy (non-hydrogen) atoms. The van der Waals surface area contributed by atoms with Gasteiger partial charge in [-0.3, -0.25) is 4.98 Å². The molecule has 0 amide bonds. The van der Waals surface area contributed by atoms with Crippen LogP contribution in [0.1, 0.15) is 0 Å². The maximum atomic E-state index is 12.1. The number of pyridine rings is 1. The molecule has 2 rings (SSSR count). The topological polar surface area (TPSA) is 48.1 Å². The van der Waals surface area contributed by atoms with Crippen molar-refractivity contribution >= 4 is 32.5 Å². The van der Waals surface area contributed by atoms with Crippen molar-refractivity contribution in [3.63, 3.8) is 0 Å². The summed E-state index contributed by atoms with van der Waals surface area (Å²) in [5.74, 6) is 0.247. The molecule has 0 bridgehead atoms. The summed E-state index contributed by atoms with van der Waals surface area (Å²) in [5.41, 5.74) is 6.57. The largest absolute Gasteiger partial charge is 0.485 e. The first-order valence-corrected chi connectivity index (χ1v) is 5.62. The first-order valence-electron chi connectivity index (χ1n) is 4.82. The zero-order valence-corrected chi connectivity index (χ0v) is 10.2. The molecule has 6 heteroatoms. The Morgan fingerprint density at radius 2 is 2.18 bits per heavy atom. The summed E-state index contributed by atoms with van der Waals surface area (Å²) >= 11 is 3.30. The highest BCUT2D eigenvalue weighted by Gasteiger charge is 2.11. The summed E-state index contributed by atoms with van der Waals surface area (Å²) in [5, 5.41) is 0.611. The molecule has 3 nitrogen and oxygen atoms in total. The third-order valence-corrected chi connectivity index (χ3v) is 2.66. The zero-order chi connectivity index (χ0) is 12.4. The summed E-state index contributed by atoms with van der Waals surface area (Å²) in [6, 6.07) is 5.30. The van der Waals surface area contributed by atoms with E-state index in [2.05, 4.69) is 20.9 Å². The lowest BCUT2D eigenvalue weighted by molar-refractivity contribution is 0.0830. The Morgan fingerprint density at radius 3 is 2.88 bits per heavy atom. The molecule has 0 aliphatic carbocycles. The minimum Gasteiger partial charge on any atom is -0.485 e. The highest BCUT2D eigenvalue weighted by Crippen LogP contribution is 2.32. The number of alkyl halides is 2. The van der Waals surface area contributed by atoms with Gasteiger partial charge in [0.05, 0.1) is 17.4 Å². The van der Waals surface area contributed by atoms with Gasteiger partial charge in [0.2, 0.25) is 0 Å². The van der Waals surface area contributed by atoms with Crippen LogP contribution >= 0.6 is 15.9 Å². The van der Waals surface area contributed by atoms with Crippen molar-refractivity contribution in [2.24, 2.45) is 0 Å². The lowest BCUT2D eigenvalue weighted by atomic mass is 10.2. The fourth-order valence-corrected chi connectivity index (χ4v) is 1.82. The van der Waals surface area contributed by atoms with Crippen molar-refractivity contribution < 1.29 is 13.5 Å². The normalized spacial score (nSPS) is 11.1. The molecule has 0 spiro atoms. The van der Waals surface area contributed by atoms with E-state index in [0.29, 0.717) is 10.9 Å². The Hall–Kier alpha value is -1.43. The van der Waals surface area contributed by atoms with Crippen LogP contribution in [0.15, 0.2) is 28.9 Å². The average molecular weight is 303 g/mol. The molecule has 0 radical (unpaired) electrons. The number of hydrogen-bond acceptors (Lipinski definition) is 3. The van der Waals surface area contributed by atoms with Crippen LogP contribution in [0.3, 0.4) is 0 Å². The summed E-state index contributed by atoms with van der Waals surface area (Å²) < 4.78 is 30.1. The van der Waals surface area contributed by atoms with Crippen LogP contribution in [0.4, 0.5) is 14.5 Å². The molecule has 0 atom stereocenters. The predicted octanol–water partition coefficient (Wildman–Crippen LogP) is 3.22. The van der Waals surface area contributed by atoms with Crippen LogP contribution in [0.2, 0.25) is 0 Å². The number of nitrogens with two attached hydrogens (primary N) is 1. The lowest BCUT2D eigenvalue weighted by Gasteiger charge is -2.11. The monoisotopic (exact) mass is 302 g/mol. The number of fused-ring (bicyclic) bond motifs is 1. The third kappa shape index (κ3) is 2.63. The number of hydrogen-bond donors (Lipinski definition) is 1. The number of halogens is 3. The Balaban J connectivity index is 2.50. The molecule has 1 heterocycles. The van der Waals surface area contributed by atoms with Gasteiger partial charge < -0.3 is 10.5 Å². The second-order valence-electron chi connectivity index (χ2n) is 3.41. The van der Waals surface area contributed by atoms with Crippen LogP contribution in [0.25, 0.3) is 10.9 Å². The van der Waals surface area contributed by atoms with Crippen LogP contribution < -0.4 is 10.5 Å². The van der Waals surface area contributed by atoms with Gasteiger partial charge in [-0.15, -0.1) is 0 Å². The van der Waals surface area contributed by atoms with Gasteiger partial charge in [0.15, 0.2) is 5.75 Å². The lowest BCUT2D eigenvalue weighted by Crippen LogP contribution is -2.09. The number of benzene rings is 1. The first kappa shape index (κ1) is 12.0. The van der Waals surface area contributed by atoms with E-state index in [9.17, 15) is 8.78 Å². The van der Waals surface area contributed by atoms with Crippen molar-refractivity contribution in [1.82, 2.24) is 4.98 Å². The molecule has 1 aromatic heterocycles. The smallest absolute Gasteiger partial charge is 0.272 e. The summed E-state index contributed by atoms with van der Waals surface area (Å²) in [4.78, 5) is 4.10. The number of rotatable bonds is 3. The van der Waals surface area contributed by atoms with E-state index in [1.54, 1.807) is 12.1 Å². The number of nitrogen functional groups attached to an aromatic ring is 1. The van der Waals surface area contributed by atoms with Crippen molar-refractivity contribution in [3.8, 4) is 5.75 Å². The van der Waals surface area contributed by atoms with Gasteiger partial charge in [-0.05, 0) is 18.2 Å². The predicted molar refractivity (Wildman–Crippen MR) is 65.4 cm³/mol. The maximum Gasteiger partial charge on any atom is 0.272 e. The molecule has 0 saturated carbocycles. The Morgan fingerprint density at radius 1 is 1.41 bits per heavy atom. The Labute approximate surface area is 105 Å². The molecule has 90 valence electrons. The van der Waals surface area contributed by atoms with Gasteiger partial charge in [-0.1, -0.05) is 15.9 Å². The number of nitrogens with zero attached hydrogens (tertiary/aromatic N) is 1. The van der Waals surface area contributed by atoms with Crippen molar-refractivity contribution in [1.29, 1.82) is 0 Å². The fourth-order valence-electron chi connectivity index (χ4n) is 1.46. The van der Waals surface area contributed by atoms with Gasteiger partial charge in [-0.2, -0.15) is 0 Å². The van der Waals surface area contributed by atoms with E-state index in [0.717, 1.165) is 4.47 Å². The maximum absolute atomic E-state index is 12.1. The molecular formula is C11H9BrF2N2O. The summed E-state index contributed by atoms with van der Waals surface area (Å²) in [6.07, 6.45) is -1.14. The van der Waals surface area contributed by atoms with Crippen molar-refractivity contribution in [2.75, 3.05) is 12.3 Å². The molecular weight excluding hydrogens is 294 g/mol. The summed E-state index contributed by atoms with van der Waals surface area (Å²) in [7, 11) is 0. The van der Waals surface area contributed by atoms with E-state index in [-0.39, 0.29) is 11.4 Å². The second-order valence-corrected chi connectivity index (χ2v) is 4.32. The van der Waals surface area contributed by atoms with Crippen LogP contribution in [-0.4, -0.2) is 18.0 Å². The van der Waals surface area contributed by atoms with E-state index in [1.165, 1.54) is 6.20 Å². The highest BCUT2D eigenvalue weighted by atomic mass is 79.9. The molecule has 0 unspecified atom stereocenters. The molecule has 0 aliphatic rings. The molecule has 2 aromatic rings. The van der Waals surface area contributed by atoms with Crippen molar-refractivity contribution in [3.05, 3.63) is 28.9 Å². The van der Waals surface area contributed by atoms with Gasteiger partial charge in [0.25, 0.3) is 6.43 Å². The summed E-state index contributed by atoms with van der Waals surface area (Å²) in [6.45, 7) is -0.685. The highest BCUT2D eigenvalue weighted by molar-refractivity contribution is 9.10. The van der Waals surface area contributed by atoms with Crippen LogP contribution in [0, 0.1) is 0 Å². The molecule has 1 aromatic carbocycles. The van der Waals surface area contributed by atoms with E-state index < -0.39 is 13.0 Å². The van der Waals surface area contributed by atoms with E-state index >= 15 is 0 Å². The average Bonchev–Trinajstić information content (AvgIpc) is 2.27. The van der Waals surface area contributed by atoms with E-state index in [1.807, 2.05) is 6.07 Å². The standard InChI is InChI=1S/C11H9BrF2N2O/c12-6-1-2-9-7(3-6)11(8(15)4-16-9)17-5-10(13)14/h1-4,10H,5,15H2. The molecule has 0 aliphatic heterocycles. The first-order chi connectivity index (χ1) is 8.08. The quantitative estimate of drug-likeness (QED) is 0.947.